The fraction of sp³-hybridized carbons (Fsp3) is 0.667. The summed E-state index contributed by atoms with van der Waals surface area (Å²) in [6.45, 7) is 5.59. The van der Waals surface area contributed by atoms with Crippen molar-refractivity contribution in [2.45, 2.75) is 45.6 Å². The molecule has 1 aromatic carbocycles. The smallest absolute Gasteiger partial charge is 0.212 e. The number of hydrogen-bond acceptors (Lipinski definition) is 3. The molecule has 1 aromatic rings. The Balaban J connectivity index is 2.12. The van der Waals surface area contributed by atoms with Crippen molar-refractivity contribution in [3.05, 3.63) is 35.9 Å². The molecule has 1 aliphatic rings. The molecule has 5 heteroatoms. The molecule has 0 amide bonds. The maximum Gasteiger partial charge on any atom is 0.212 e. The predicted molar refractivity (Wildman–Crippen MR) is 93.7 cm³/mol. The Labute approximate surface area is 140 Å². The van der Waals surface area contributed by atoms with Crippen molar-refractivity contribution in [1.82, 2.24) is 4.72 Å². The number of nitrogens with one attached hydrogen (secondary N) is 1. The Bertz CT molecular complexity index is 549. The average Bonchev–Trinajstić information content (AvgIpc) is 2.56. The largest absolute Gasteiger partial charge is 0.381 e. The molecule has 1 heterocycles. The summed E-state index contributed by atoms with van der Waals surface area (Å²) in [5.41, 5.74) is 1.05. The molecular weight excluding hydrogens is 310 g/mol. The molecule has 1 unspecified atom stereocenters. The van der Waals surface area contributed by atoms with Gasteiger partial charge in [-0.25, -0.2) is 13.1 Å². The van der Waals surface area contributed by atoms with Crippen LogP contribution >= 0.6 is 0 Å². The van der Waals surface area contributed by atoms with E-state index in [1.54, 1.807) is 0 Å². The highest BCUT2D eigenvalue weighted by Gasteiger charge is 2.28. The van der Waals surface area contributed by atoms with Gasteiger partial charge in [0.05, 0.1) is 5.75 Å². The number of hydrogen-bond donors (Lipinski definition) is 1. The minimum Gasteiger partial charge on any atom is -0.381 e. The number of ether oxygens (including phenoxy) is 1. The number of rotatable bonds is 8. The van der Waals surface area contributed by atoms with E-state index in [9.17, 15) is 8.42 Å². The van der Waals surface area contributed by atoms with Gasteiger partial charge < -0.3 is 4.74 Å². The summed E-state index contributed by atoms with van der Waals surface area (Å²) in [5.74, 6) is 0.723. The maximum atomic E-state index is 12.7. The first-order valence-corrected chi connectivity index (χ1v) is 10.3. The molecule has 0 spiro atoms. The lowest BCUT2D eigenvalue weighted by atomic mass is 9.90. The van der Waals surface area contributed by atoms with Crippen LogP contribution in [0.25, 0.3) is 0 Å². The third-order valence-corrected chi connectivity index (χ3v) is 6.30. The molecule has 1 fully saturated rings. The van der Waals surface area contributed by atoms with Crippen molar-refractivity contribution >= 4 is 10.0 Å². The molecular formula is C18H29NO3S. The van der Waals surface area contributed by atoms with Gasteiger partial charge in [-0.3, -0.25) is 0 Å². The van der Waals surface area contributed by atoms with E-state index in [0.717, 1.165) is 31.2 Å². The SMILES string of the molecule is CCC(CC)C(NS(=O)(=O)CC1CCOCC1)c1ccccc1. The lowest BCUT2D eigenvalue weighted by molar-refractivity contribution is 0.0722. The molecule has 2 rings (SSSR count). The molecule has 4 nitrogen and oxygen atoms in total. The molecule has 0 aromatic heterocycles. The van der Waals surface area contributed by atoms with Crippen LogP contribution < -0.4 is 4.72 Å². The van der Waals surface area contributed by atoms with Crippen molar-refractivity contribution in [3.8, 4) is 0 Å². The Hall–Kier alpha value is -0.910. The summed E-state index contributed by atoms with van der Waals surface area (Å²) >= 11 is 0. The van der Waals surface area contributed by atoms with Crippen LogP contribution in [0.3, 0.4) is 0 Å². The van der Waals surface area contributed by atoms with Gasteiger partial charge in [0, 0.05) is 19.3 Å². The second-order valence-corrected chi connectivity index (χ2v) is 8.22. The molecule has 1 saturated heterocycles. The van der Waals surface area contributed by atoms with E-state index in [0.29, 0.717) is 19.1 Å². The van der Waals surface area contributed by atoms with Crippen LogP contribution in [0.1, 0.15) is 51.1 Å². The Morgan fingerprint density at radius 2 is 1.74 bits per heavy atom. The molecule has 0 saturated carbocycles. The molecule has 23 heavy (non-hydrogen) atoms. The highest BCUT2D eigenvalue weighted by atomic mass is 32.2. The fourth-order valence-electron chi connectivity index (χ4n) is 3.32. The fourth-order valence-corrected chi connectivity index (χ4v) is 5.09. The van der Waals surface area contributed by atoms with E-state index in [4.69, 9.17) is 4.74 Å². The van der Waals surface area contributed by atoms with Crippen LogP contribution in [0.2, 0.25) is 0 Å². The van der Waals surface area contributed by atoms with Gasteiger partial charge in [0.2, 0.25) is 10.0 Å². The van der Waals surface area contributed by atoms with Gasteiger partial charge in [-0.2, -0.15) is 0 Å². The van der Waals surface area contributed by atoms with Gasteiger partial charge >= 0.3 is 0 Å². The zero-order valence-corrected chi connectivity index (χ0v) is 15.0. The van der Waals surface area contributed by atoms with Crippen LogP contribution in [-0.2, 0) is 14.8 Å². The second kappa shape index (κ2) is 8.81. The Morgan fingerprint density at radius 3 is 2.30 bits per heavy atom. The summed E-state index contributed by atoms with van der Waals surface area (Å²) < 4.78 is 33.6. The van der Waals surface area contributed by atoms with Crippen molar-refractivity contribution in [1.29, 1.82) is 0 Å². The van der Waals surface area contributed by atoms with Crippen LogP contribution in [0.15, 0.2) is 30.3 Å². The van der Waals surface area contributed by atoms with Crippen molar-refractivity contribution in [2.24, 2.45) is 11.8 Å². The molecule has 1 atom stereocenters. The zero-order chi connectivity index (χ0) is 16.7. The van der Waals surface area contributed by atoms with Crippen LogP contribution in [0.4, 0.5) is 0 Å². The van der Waals surface area contributed by atoms with Crippen molar-refractivity contribution in [2.75, 3.05) is 19.0 Å². The highest BCUT2D eigenvalue weighted by molar-refractivity contribution is 7.89. The quantitative estimate of drug-likeness (QED) is 0.788. The van der Waals surface area contributed by atoms with Crippen molar-refractivity contribution in [3.63, 3.8) is 0 Å². The van der Waals surface area contributed by atoms with E-state index < -0.39 is 10.0 Å². The van der Waals surface area contributed by atoms with E-state index in [-0.39, 0.29) is 17.7 Å². The number of sulfonamides is 1. The highest BCUT2D eigenvalue weighted by Crippen LogP contribution is 2.28. The first-order valence-electron chi connectivity index (χ1n) is 8.68. The molecule has 1 aliphatic heterocycles. The van der Waals surface area contributed by atoms with E-state index in [1.807, 2.05) is 30.3 Å². The van der Waals surface area contributed by atoms with Gasteiger partial charge in [-0.15, -0.1) is 0 Å². The minimum atomic E-state index is -3.30. The first-order chi connectivity index (χ1) is 11.1. The summed E-state index contributed by atoms with van der Waals surface area (Å²) in [6.07, 6.45) is 3.58. The van der Waals surface area contributed by atoms with Crippen LogP contribution in [0.5, 0.6) is 0 Å². The van der Waals surface area contributed by atoms with Crippen LogP contribution in [-0.4, -0.2) is 27.4 Å². The third kappa shape index (κ3) is 5.59. The molecule has 1 N–H and O–H groups in total. The standard InChI is InChI=1S/C18H29NO3S/c1-3-16(4-2)18(17-8-6-5-7-9-17)19-23(20,21)14-15-10-12-22-13-11-15/h5-9,15-16,18-19H,3-4,10-14H2,1-2H3. The lowest BCUT2D eigenvalue weighted by Crippen LogP contribution is -2.37. The predicted octanol–water partition coefficient (Wildman–Crippen LogP) is 3.51. The van der Waals surface area contributed by atoms with Crippen LogP contribution in [0, 0.1) is 11.8 Å². The topological polar surface area (TPSA) is 55.4 Å². The molecule has 130 valence electrons. The normalized spacial score (nSPS) is 18.2. The Kier molecular flexibility index (Phi) is 7.06. The van der Waals surface area contributed by atoms with E-state index in [2.05, 4.69) is 18.6 Å². The molecule has 0 aliphatic carbocycles. The van der Waals surface area contributed by atoms with Gasteiger partial charge in [0.15, 0.2) is 0 Å². The summed E-state index contributed by atoms with van der Waals surface area (Å²) in [5, 5.41) is 0. The minimum absolute atomic E-state index is 0.143. The average molecular weight is 340 g/mol. The summed E-state index contributed by atoms with van der Waals surface area (Å²) in [6, 6.07) is 9.79. The number of benzene rings is 1. The first kappa shape index (κ1) is 18.4. The van der Waals surface area contributed by atoms with Gasteiger partial charge in [-0.1, -0.05) is 57.0 Å². The van der Waals surface area contributed by atoms with Crippen molar-refractivity contribution < 1.29 is 13.2 Å². The van der Waals surface area contributed by atoms with E-state index in [1.165, 1.54) is 0 Å². The third-order valence-electron chi connectivity index (χ3n) is 4.78. The van der Waals surface area contributed by atoms with Gasteiger partial charge in [-0.05, 0) is 30.2 Å². The summed E-state index contributed by atoms with van der Waals surface area (Å²) in [7, 11) is -3.30. The molecule has 0 bridgehead atoms. The molecule has 0 radical (unpaired) electrons. The summed E-state index contributed by atoms with van der Waals surface area (Å²) in [4.78, 5) is 0. The monoisotopic (exact) mass is 339 g/mol. The maximum absolute atomic E-state index is 12.7. The van der Waals surface area contributed by atoms with E-state index >= 15 is 0 Å². The Morgan fingerprint density at radius 1 is 1.13 bits per heavy atom. The van der Waals surface area contributed by atoms with Gasteiger partial charge in [0.1, 0.15) is 0 Å². The zero-order valence-electron chi connectivity index (χ0n) is 14.2. The second-order valence-electron chi connectivity index (χ2n) is 6.42. The van der Waals surface area contributed by atoms with Gasteiger partial charge in [0.25, 0.3) is 0 Å². The lowest BCUT2D eigenvalue weighted by Gasteiger charge is -2.28.